The van der Waals surface area contributed by atoms with E-state index in [9.17, 15) is 0 Å². The molecule has 3 rings (SSSR count). The smallest absolute Gasteiger partial charge is 0.161 e. The van der Waals surface area contributed by atoms with Crippen molar-refractivity contribution in [1.29, 1.82) is 0 Å². The molecular formula is C15H19N3O2. The Labute approximate surface area is 118 Å². The van der Waals surface area contributed by atoms with Gasteiger partial charge in [-0.2, -0.15) is 0 Å². The molecule has 0 saturated carbocycles. The molecule has 0 fully saturated rings. The molecule has 1 aromatic carbocycles. The van der Waals surface area contributed by atoms with Crippen LogP contribution in [-0.2, 0) is 13.1 Å². The number of hydrogen-bond donors (Lipinski definition) is 1. The average Bonchev–Trinajstić information content (AvgIpc) is 2.98. The summed E-state index contributed by atoms with van der Waals surface area (Å²) in [5.74, 6) is 1.68. The number of benzene rings is 1. The second-order valence-corrected chi connectivity index (χ2v) is 5.02. The first-order valence-corrected chi connectivity index (χ1v) is 6.89. The minimum atomic E-state index is 0.373. The van der Waals surface area contributed by atoms with Gasteiger partial charge in [-0.25, -0.2) is 4.98 Å². The van der Waals surface area contributed by atoms with Crippen LogP contribution in [0.25, 0.3) is 0 Å². The van der Waals surface area contributed by atoms with E-state index in [1.165, 1.54) is 5.56 Å². The van der Waals surface area contributed by atoms with Gasteiger partial charge < -0.3 is 19.4 Å². The zero-order valence-corrected chi connectivity index (χ0v) is 11.6. The van der Waals surface area contributed by atoms with E-state index in [1.54, 1.807) is 6.20 Å². The van der Waals surface area contributed by atoms with Crippen LogP contribution in [0.5, 0.6) is 11.5 Å². The molecule has 2 heterocycles. The number of nitrogens with zero attached hydrogens (tertiary/aromatic N) is 2. The van der Waals surface area contributed by atoms with Crippen molar-refractivity contribution in [3.63, 3.8) is 0 Å². The summed E-state index contributed by atoms with van der Waals surface area (Å²) in [5.41, 5.74) is 1.20. The minimum absolute atomic E-state index is 0.373. The number of aromatic nitrogens is 2. The van der Waals surface area contributed by atoms with E-state index in [4.69, 9.17) is 9.47 Å². The molecule has 1 aromatic heterocycles. The molecule has 0 aliphatic carbocycles. The van der Waals surface area contributed by atoms with E-state index in [0.29, 0.717) is 19.3 Å². The van der Waals surface area contributed by atoms with Crippen molar-refractivity contribution >= 4 is 0 Å². The molecule has 0 bridgehead atoms. The van der Waals surface area contributed by atoms with Crippen molar-refractivity contribution in [2.24, 2.45) is 0 Å². The summed E-state index contributed by atoms with van der Waals surface area (Å²) in [4.78, 5) is 4.05. The van der Waals surface area contributed by atoms with Crippen LogP contribution < -0.4 is 14.8 Å². The summed E-state index contributed by atoms with van der Waals surface area (Å²) >= 11 is 0. The first-order valence-electron chi connectivity index (χ1n) is 6.89. The first-order chi connectivity index (χ1) is 9.81. The molecule has 0 saturated heterocycles. The molecule has 0 radical (unpaired) electrons. The normalized spacial score (nSPS) is 15.1. The lowest BCUT2D eigenvalue weighted by Gasteiger charge is -2.19. The number of ether oxygens (including phenoxy) is 2. The summed E-state index contributed by atoms with van der Waals surface area (Å²) in [6, 6.07) is 6.47. The van der Waals surface area contributed by atoms with Gasteiger partial charge in [-0.3, -0.25) is 0 Å². The summed E-state index contributed by atoms with van der Waals surface area (Å²) in [6.45, 7) is 5.14. The van der Waals surface area contributed by atoms with Gasteiger partial charge in [0, 0.05) is 31.5 Å². The van der Waals surface area contributed by atoms with Gasteiger partial charge in [0.05, 0.1) is 6.33 Å². The third-order valence-corrected chi connectivity index (χ3v) is 3.31. The number of hydrogen-bond acceptors (Lipinski definition) is 4. The van der Waals surface area contributed by atoms with Crippen molar-refractivity contribution < 1.29 is 9.47 Å². The largest absolute Gasteiger partial charge is 0.486 e. The molecular weight excluding hydrogens is 254 g/mol. The molecule has 5 heteroatoms. The quantitative estimate of drug-likeness (QED) is 0.903. The summed E-state index contributed by atoms with van der Waals surface area (Å²) in [7, 11) is 0. The molecule has 106 valence electrons. The second kappa shape index (κ2) is 5.96. The zero-order valence-electron chi connectivity index (χ0n) is 11.6. The molecule has 0 amide bonds. The fourth-order valence-corrected chi connectivity index (χ4v) is 2.27. The Morgan fingerprint density at radius 3 is 2.95 bits per heavy atom. The van der Waals surface area contributed by atoms with Crippen LogP contribution in [0.2, 0.25) is 0 Å². The maximum atomic E-state index is 5.59. The van der Waals surface area contributed by atoms with E-state index >= 15 is 0 Å². The fourth-order valence-electron chi connectivity index (χ4n) is 2.27. The molecule has 1 unspecified atom stereocenters. The Kier molecular flexibility index (Phi) is 3.87. The molecule has 5 nitrogen and oxygen atoms in total. The number of nitrogens with one attached hydrogen (secondary N) is 1. The highest BCUT2D eigenvalue weighted by Crippen LogP contribution is 2.30. The molecule has 1 aliphatic rings. The second-order valence-electron chi connectivity index (χ2n) is 5.02. The van der Waals surface area contributed by atoms with Gasteiger partial charge in [0.15, 0.2) is 11.5 Å². The van der Waals surface area contributed by atoms with Gasteiger partial charge in [0.25, 0.3) is 0 Å². The third-order valence-electron chi connectivity index (χ3n) is 3.31. The predicted molar refractivity (Wildman–Crippen MR) is 76.0 cm³/mol. The van der Waals surface area contributed by atoms with E-state index < -0.39 is 0 Å². The van der Waals surface area contributed by atoms with Gasteiger partial charge in [-0.05, 0) is 24.6 Å². The van der Waals surface area contributed by atoms with Crippen LogP contribution in [0.4, 0.5) is 0 Å². The summed E-state index contributed by atoms with van der Waals surface area (Å²) in [6.07, 6.45) is 5.61. The van der Waals surface area contributed by atoms with Crippen LogP contribution in [0, 0.1) is 0 Å². The van der Waals surface area contributed by atoms with Gasteiger partial charge in [0.2, 0.25) is 0 Å². The molecule has 2 aromatic rings. The highest BCUT2D eigenvalue weighted by molar-refractivity contribution is 5.43. The highest BCUT2D eigenvalue weighted by Gasteiger charge is 2.11. The molecule has 20 heavy (non-hydrogen) atoms. The van der Waals surface area contributed by atoms with Crippen molar-refractivity contribution in [2.75, 3.05) is 13.2 Å². The zero-order chi connectivity index (χ0) is 13.8. The maximum absolute atomic E-state index is 5.59. The van der Waals surface area contributed by atoms with E-state index in [2.05, 4.69) is 27.9 Å². The molecule has 0 spiro atoms. The lowest BCUT2D eigenvalue weighted by molar-refractivity contribution is 0.171. The molecule has 1 aliphatic heterocycles. The Hall–Kier alpha value is -2.01. The van der Waals surface area contributed by atoms with Crippen LogP contribution >= 0.6 is 0 Å². The van der Waals surface area contributed by atoms with Gasteiger partial charge in [-0.15, -0.1) is 0 Å². The van der Waals surface area contributed by atoms with Gasteiger partial charge >= 0.3 is 0 Å². The highest BCUT2D eigenvalue weighted by atomic mass is 16.6. The lowest BCUT2D eigenvalue weighted by Crippen LogP contribution is -2.29. The monoisotopic (exact) mass is 273 g/mol. The fraction of sp³-hybridized carbons (Fsp3) is 0.400. The topological polar surface area (TPSA) is 48.3 Å². The van der Waals surface area contributed by atoms with Crippen molar-refractivity contribution in [2.45, 2.75) is 26.1 Å². The van der Waals surface area contributed by atoms with Crippen LogP contribution in [-0.4, -0.2) is 28.8 Å². The summed E-state index contributed by atoms with van der Waals surface area (Å²) in [5, 5.41) is 3.50. The van der Waals surface area contributed by atoms with Gasteiger partial charge in [-0.1, -0.05) is 6.07 Å². The minimum Gasteiger partial charge on any atom is -0.486 e. The number of imidazole rings is 1. The standard InChI is InChI=1S/C15H19N3O2/c1-12(10-18-5-4-16-11-18)17-9-13-2-3-14-15(8-13)20-7-6-19-14/h2-5,8,11-12,17H,6-7,9-10H2,1H3. The molecule has 1 atom stereocenters. The Balaban J connectivity index is 1.55. The van der Waals surface area contributed by atoms with E-state index in [1.807, 2.05) is 24.7 Å². The third kappa shape index (κ3) is 3.11. The Morgan fingerprint density at radius 2 is 2.15 bits per heavy atom. The van der Waals surface area contributed by atoms with Crippen LogP contribution in [0.3, 0.4) is 0 Å². The van der Waals surface area contributed by atoms with E-state index in [0.717, 1.165) is 24.6 Å². The first kappa shape index (κ1) is 13.0. The molecule has 1 N–H and O–H groups in total. The van der Waals surface area contributed by atoms with Crippen molar-refractivity contribution in [3.05, 3.63) is 42.5 Å². The van der Waals surface area contributed by atoms with E-state index in [-0.39, 0.29) is 0 Å². The maximum Gasteiger partial charge on any atom is 0.161 e. The SMILES string of the molecule is CC(Cn1ccnc1)NCc1ccc2c(c1)OCCO2. The van der Waals surface area contributed by atoms with Crippen LogP contribution in [0.1, 0.15) is 12.5 Å². The summed E-state index contributed by atoms with van der Waals surface area (Å²) < 4.78 is 13.2. The number of fused-ring (bicyclic) bond motifs is 1. The Bertz CT molecular complexity index is 554. The predicted octanol–water partition coefficient (Wildman–Crippen LogP) is 1.83. The van der Waals surface area contributed by atoms with Gasteiger partial charge in [0.1, 0.15) is 13.2 Å². The average molecular weight is 273 g/mol. The Morgan fingerprint density at radius 1 is 1.30 bits per heavy atom. The van der Waals surface area contributed by atoms with Crippen molar-refractivity contribution in [1.82, 2.24) is 14.9 Å². The van der Waals surface area contributed by atoms with Crippen LogP contribution in [0.15, 0.2) is 36.9 Å². The van der Waals surface area contributed by atoms with Crippen molar-refractivity contribution in [3.8, 4) is 11.5 Å². The number of rotatable bonds is 5. The lowest BCUT2D eigenvalue weighted by atomic mass is 10.2.